The lowest BCUT2D eigenvalue weighted by molar-refractivity contribution is 0.264. The first-order chi connectivity index (χ1) is 13.8. The molecular formula is C22H47O5PS. The van der Waals surface area contributed by atoms with Gasteiger partial charge in [0.1, 0.15) is 0 Å². The maximum Gasteiger partial charge on any atom is 0.466 e. The number of unbranched alkanes of at least 4 members (excludes halogenated alkanes) is 13. The van der Waals surface area contributed by atoms with E-state index in [4.69, 9.17) is 19.2 Å². The third kappa shape index (κ3) is 35.9. The van der Waals surface area contributed by atoms with Crippen LogP contribution in [-0.4, -0.2) is 37.9 Å². The maximum atomic E-state index is 9.22. The van der Waals surface area contributed by atoms with E-state index in [2.05, 4.69) is 13.0 Å². The van der Waals surface area contributed by atoms with Crippen molar-refractivity contribution in [2.75, 3.05) is 18.1 Å². The summed E-state index contributed by atoms with van der Waals surface area (Å²) < 4.78 is 8.88. The van der Waals surface area contributed by atoms with Crippen molar-refractivity contribution in [3.8, 4) is 0 Å². The van der Waals surface area contributed by atoms with Crippen LogP contribution in [0.3, 0.4) is 0 Å². The van der Waals surface area contributed by atoms with Crippen molar-refractivity contribution in [2.45, 2.75) is 104 Å². The van der Waals surface area contributed by atoms with Gasteiger partial charge >= 0.3 is 7.82 Å². The van der Waals surface area contributed by atoms with Crippen LogP contribution in [0.2, 0.25) is 0 Å². The molecule has 0 aliphatic rings. The summed E-state index contributed by atoms with van der Waals surface area (Å²) in [6, 6.07) is 0. The summed E-state index contributed by atoms with van der Waals surface area (Å²) in [6.45, 7) is 4.60. The van der Waals surface area contributed by atoms with Crippen LogP contribution in [0.5, 0.6) is 0 Å². The van der Waals surface area contributed by atoms with Crippen molar-refractivity contribution in [3.63, 3.8) is 0 Å². The molecule has 0 aromatic rings. The van der Waals surface area contributed by atoms with Crippen LogP contribution in [0.1, 0.15) is 104 Å². The predicted octanol–water partition coefficient (Wildman–Crippen LogP) is 6.46. The van der Waals surface area contributed by atoms with E-state index in [1.807, 2.05) is 24.8 Å². The fourth-order valence-corrected chi connectivity index (χ4v) is 4.17. The van der Waals surface area contributed by atoms with E-state index >= 15 is 0 Å². The maximum absolute atomic E-state index is 9.22. The Morgan fingerprint density at radius 2 is 1.17 bits per heavy atom. The molecule has 1 unspecified atom stereocenters. The summed E-state index contributed by atoms with van der Waals surface area (Å²) in [7, 11) is -4.64. The average molecular weight is 455 g/mol. The molecule has 0 heterocycles. The van der Waals surface area contributed by atoms with Gasteiger partial charge in [-0.05, 0) is 19.1 Å². The SMILES string of the molecule is C/C=C\C(CO)CSCCCCCCCCCCCCCCCC.O=P(O)(O)O. The van der Waals surface area contributed by atoms with Gasteiger partial charge in [0.15, 0.2) is 0 Å². The van der Waals surface area contributed by atoms with E-state index < -0.39 is 7.82 Å². The van der Waals surface area contributed by atoms with Crippen LogP contribution < -0.4 is 0 Å². The van der Waals surface area contributed by atoms with Gasteiger partial charge in [-0.25, -0.2) is 4.57 Å². The standard InChI is InChI=1S/C22H44OS.H3O4P/c1-3-5-6-7-8-9-10-11-12-13-14-15-16-17-19-24-21-22(20-23)18-4-2;1-5(2,3)4/h4,18,22-23H,3,5-17,19-21H2,1-2H3;(H3,1,2,3,4)/b18-4-;. The molecule has 176 valence electrons. The van der Waals surface area contributed by atoms with Crippen LogP contribution in [-0.2, 0) is 4.57 Å². The number of hydrogen-bond donors (Lipinski definition) is 4. The minimum absolute atomic E-state index is 0.288. The van der Waals surface area contributed by atoms with Crippen LogP contribution in [0.4, 0.5) is 0 Å². The van der Waals surface area contributed by atoms with Gasteiger partial charge in [0.05, 0.1) is 6.61 Å². The quantitative estimate of drug-likeness (QED) is 0.102. The number of aliphatic hydroxyl groups is 1. The Labute approximate surface area is 184 Å². The largest absolute Gasteiger partial charge is 0.466 e. The Hall–Kier alpha value is 0.160. The molecule has 0 aromatic carbocycles. The highest BCUT2D eigenvalue weighted by atomic mass is 32.2. The first-order valence-corrected chi connectivity index (χ1v) is 14.2. The molecular weight excluding hydrogens is 407 g/mol. The lowest BCUT2D eigenvalue weighted by atomic mass is 10.0. The summed E-state index contributed by atoms with van der Waals surface area (Å²) >= 11 is 2.00. The molecule has 0 bridgehead atoms. The molecule has 0 aromatic heterocycles. The topological polar surface area (TPSA) is 98.0 Å². The van der Waals surface area contributed by atoms with Gasteiger partial charge in [0.2, 0.25) is 0 Å². The molecule has 0 fully saturated rings. The molecule has 5 nitrogen and oxygen atoms in total. The molecule has 1 atom stereocenters. The molecule has 7 heteroatoms. The zero-order valence-corrected chi connectivity index (χ0v) is 20.5. The highest BCUT2D eigenvalue weighted by Gasteiger charge is 2.02. The second-order valence-corrected chi connectivity index (χ2v) is 9.83. The predicted molar refractivity (Wildman–Crippen MR) is 127 cm³/mol. The monoisotopic (exact) mass is 454 g/mol. The summed E-state index contributed by atoms with van der Waals surface area (Å²) in [5.41, 5.74) is 0. The van der Waals surface area contributed by atoms with Crippen molar-refractivity contribution >= 4 is 19.6 Å². The van der Waals surface area contributed by atoms with Crippen molar-refractivity contribution < 1.29 is 24.4 Å². The van der Waals surface area contributed by atoms with Gasteiger partial charge in [-0.2, -0.15) is 11.8 Å². The van der Waals surface area contributed by atoms with Gasteiger partial charge in [0.25, 0.3) is 0 Å². The molecule has 0 aliphatic heterocycles. The Bertz CT molecular complexity index is 379. The Morgan fingerprint density at radius 3 is 1.52 bits per heavy atom. The fourth-order valence-electron chi connectivity index (χ4n) is 3.07. The number of hydrogen-bond acceptors (Lipinski definition) is 3. The first-order valence-electron chi connectivity index (χ1n) is 11.4. The number of aliphatic hydroxyl groups excluding tert-OH is 1. The highest BCUT2D eigenvalue weighted by molar-refractivity contribution is 7.99. The summed E-state index contributed by atoms with van der Waals surface area (Å²) in [5, 5.41) is 9.22. The minimum atomic E-state index is -4.64. The second kappa shape index (κ2) is 24.4. The first kappa shape index (κ1) is 31.3. The zero-order valence-electron chi connectivity index (χ0n) is 18.8. The van der Waals surface area contributed by atoms with Crippen molar-refractivity contribution in [1.82, 2.24) is 0 Å². The smallest absolute Gasteiger partial charge is 0.396 e. The molecule has 0 amide bonds. The van der Waals surface area contributed by atoms with E-state index in [1.165, 1.54) is 95.6 Å². The van der Waals surface area contributed by atoms with Gasteiger partial charge < -0.3 is 19.8 Å². The van der Waals surface area contributed by atoms with Crippen molar-refractivity contribution in [1.29, 1.82) is 0 Å². The van der Waals surface area contributed by atoms with Crippen LogP contribution in [0.25, 0.3) is 0 Å². The number of allylic oxidation sites excluding steroid dienone is 1. The lowest BCUT2D eigenvalue weighted by Gasteiger charge is -2.08. The van der Waals surface area contributed by atoms with Gasteiger partial charge in [-0.15, -0.1) is 0 Å². The average Bonchev–Trinajstić information content (AvgIpc) is 2.65. The Balaban J connectivity index is 0. The third-order valence-electron chi connectivity index (χ3n) is 4.67. The van der Waals surface area contributed by atoms with E-state index in [9.17, 15) is 5.11 Å². The number of thioether (sulfide) groups is 1. The van der Waals surface area contributed by atoms with Crippen LogP contribution in [0, 0.1) is 5.92 Å². The molecule has 0 radical (unpaired) electrons. The van der Waals surface area contributed by atoms with Crippen molar-refractivity contribution in [3.05, 3.63) is 12.2 Å². The van der Waals surface area contributed by atoms with Crippen LogP contribution >= 0.6 is 19.6 Å². The van der Waals surface area contributed by atoms with Gasteiger partial charge in [-0.1, -0.05) is 103 Å². The highest BCUT2D eigenvalue weighted by Crippen LogP contribution is 2.25. The minimum Gasteiger partial charge on any atom is -0.396 e. The Morgan fingerprint density at radius 1 is 0.793 bits per heavy atom. The fraction of sp³-hybridized carbons (Fsp3) is 0.909. The summed E-state index contributed by atoms with van der Waals surface area (Å²) in [6.07, 6.45) is 24.2. The second-order valence-electron chi connectivity index (χ2n) is 7.65. The van der Waals surface area contributed by atoms with E-state index in [-0.39, 0.29) is 6.61 Å². The summed E-state index contributed by atoms with van der Waals surface area (Å²) in [4.78, 5) is 21.6. The molecule has 0 saturated heterocycles. The number of rotatable bonds is 19. The van der Waals surface area contributed by atoms with E-state index in [0.29, 0.717) is 5.92 Å². The lowest BCUT2D eigenvalue weighted by Crippen LogP contribution is -2.05. The van der Waals surface area contributed by atoms with E-state index in [1.54, 1.807) is 0 Å². The normalized spacial score (nSPS) is 12.8. The molecule has 0 rings (SSSR count). The molecule has 4 N–H and O–H groups in total. The number of phosphoric acid groups is 1. The molecule has 0 spiro atoms. The zero-order chi connectivity index (χ0) is 22.2. The van der Waals surface area contributed by atoms with Crippen LogP contribution in [0.15, 0.2) is 12.2 Å². The molecule has 29 heavy (non-hydrogen) atoms. The third-order valence-corrected chi connectivity index (χ3v) is 5.91. The van der Waals surface area contributed by atoms with Gasteiger partial charge in [-0.3, -0.25) is 0 Å². The molecule has 0 aliphatic carbocycles. The van der Waals surface area contributed by atoms with Crippen molar-refractivity contribution in [2.24, 2.45) is 5.92 Å². The summed E-state index contributed by atoms with van der Waals surface area (Å²) in [5.74, 6) is 2.68. The molecule has 0 saturated carbocycles. The Kier molecular flexibility index (Phi) is 26.4. The van der Waals surface area contributed by atoms with E-state index in [0.717, 1.165) is 5.75 Å². The van der Waals surface area contributed by atoms with Gasteiger partial charge in [0, 0.05) is 11.7 Å².